The van der Waals surface area contributed by atoms with Crippen molar-refractivity contribution in [3.05, 3.63) is 23.0 Å². The summed E-state index contributed by atoms with van der Waals surface area (Å²) in [5.74, 6) is 0.790. The molecule has 0 atom stereocenters. The molecular weight excluding hydrogens is 200 g/mol. The molecule has 0 aromatic carbocycles. The highest BCUT2D eigenvalue weighted by Gasteiger charge is 2.08. The number of aromatic hydroxyl groups is 1. The fourth-order valence-corrected chi connectivity index (χ4v) is 1.43. The monoisotopic (exact) mass is 220 g/mol. The van der Waals surface area contributed by atoms with E-state index in [0.717, 1.165) is 24.1 Å². The van der Waals surface area contributed by atoms with Crippen LogP contribution >= 0.6 is 0 Å². The second kappa shape index (κ2) is 5.64. The zero-order chi connectivity index (χ0) is 12.1. The van der Waals surface area contributed by atoms with Crippen molar-refractivity contribution in [2.75, 3.05) is 6.54 Å². The average Bonchev–Trinajstić information content (AvgIpc) is 2.24. The zero-order valence-electron chi connectivity index (χ0n) is 10.5. The quantitative estimate of drug-likeness (QED) is 0.793. The van der Waals surface area contributed by atoms with Crippen molar-refractivity contribution >= 4 is 6.21 Å². The predicted octanol–water partition coefficient (Wildman–Crippen LogP) is 2.73. The molecule has 0 saturated heterocycles. The standard InChI is InChI=1S/C13H20N2O/c1-5-11-7-15-10(4)13(16)12(11)8-14-6-9(2)3/h7-9,16H,5-6H2,1-4H3/b14-8+. The maximum Gasteiger partial charge on any atom is 0.145 e. The third-order valence-corrected chi connectivity index (χ3v) is 2.43. The van der Waals surface area contributed by atoms with Crippen molar-refractivity contribution in [1.82, 2.24) is 4.98 Å². The van der Waals surface area contributed by atoms with Gasteiger partial charge in [-0.25, -0.2) is 0 Å². The van der Waals surface area contributed by atoms with Gasteiger partial charge in [0.15, 0.2) is 0 Å². The smallest absolute Gasteiger partial charge is 0.145 e. The van der Waals surface area contributed by atoms with E-state index < -0.39 is 0 Å². The van der Waals surface area contributed by atoms with Crippen LogP contribution in [0.15, 0.2) is 11.2 Å². The summed E-state index contributed by atoms with van der Waals surface area (Å²) in [4.78, 5) is 8.48. The number of hydrogen-bond acceptors (Lipinski definition) is 3. The second-order valence-electron chi connectivity index (χ2n) is 4.37. The van der Waals surface area contributed by atoms with E-state index in [9.17, 15) is 5.11 Å². The molecule has 0 fully saturated rings. The van der Waals surface area contributed by atoms with Crippen LogP contribution < -0.4 is 0 Å². The van der Waals surface area contributed by atoms with Gasteiger partial charge < -0.3 is 5.11 Å². The lowest BCUT2D eigenvalue weighted by molar-refractivity contribution is 0.465. The summed E-state index contributed by atoms with van der Waals surface area (Å²) in [5, 5.41) is 9.92. The Morgan fingerprint density at radius 1 is 1.50 bits per heavy atom. The Morgan fingerprint density at radius 2 is 2.19 bits per heavy atom. The molecule has 0 bridgehead atoms. The zero-order valence-corrected chi connectivity index (χ0v) is 10.5. The van der Waals surface area contributed by atoms with E-state index in [1.54, 1.807) is 13.1 Å². The molecule has 3 heteroatoms. The predicted molar refractivity (Wildman–Crippen MR) is 67.3 cm³/mol. The Labute approximate surface area is 97.3 Å². The summed E-state index contributed by atoms with van der Waals surface area (Å²) < 4.78 is 0. The molecule has 16 heavy (non-hydrogen) atoms. The molecule has 0 spiro atoms. The van der Waals surface area contributed by atoms with Crippen LogP contribution in [-0.4, -0.2) is 22.8 Å². The normalized spacial score (nSPS) is 11.6. The van der Waals surface area contributed by atoms with Crippen LogP contribution in [-0.2, 0) is 6.42 Å². The first-order chi connectivity index (χ1) is 7.56. The molecule has 1 heterocycles. The van der Waals surface area contributed by atoms with Gasteiger partial charge in [0.2, 0.25) is 0 Å². The van der Waals surface area contributed by atoms with Gasteiger partial charge in [0.05, 0.1) is 5.69 Å². The van der Waals surface area contributed by atoms with Gasteiger partial charge in [-0.3, -0.25) is 9.98 Å². The molecule has 1 rings (SSSR count). The van der Waals surface area contributed by atoms with E-state index in [2.05, 4.69) is 23.8 Å². The molecule has 0 aliphatic rings. The lowest BCUT2D eigenvalue weighted by Crippen LogP contribution is -1.99. The van der Waals surface area contributed by atoms with Gasteiger partial charge in [-0.2, -0.15) is 0 Å². The molecule has 0 aliphatic carbocycles. The summed E-state index contributed by atoms with van der Waals surface area (Å²) in [6, 6.07) is 0. The number of aryl methyl sites for hydroxylation is 2. The van der Waals surface area contributed by atoms with Gasteiger partial charge in [0, 0.05) is 24.5 Å². The van der Waals surface area contributed by atoms with Crippen LogP contribution in [0.1, 0.15) is 37.6 Å². The lowest BCUT2D eigenvalue weighted by Gasteiger charge is -2.07. The first kappa shape index (κ1) is 12.7. The molecule has 0 aliphatic heterocycles. The van der Waals surface area contributed by atoms with Crippen molar-refractivity contribution in [3.8, 4) is 5.75 Å². The van der Waals surface area contributed by atoms with E-state index >= 15 is 0 Å². The van der Waals surface area contributed by atoms with Crippen molar-refractivity contribution in [3.63, 3.8) is 0 Å². The summed E-state index contributed by atoms with van der Waals surface area (Å²) in [7, 11) is 0. The number of aromatic nitrogens is 1. The van der Waals surface area contributed by atoms with Crippen LogP contribution in [0.3, 0.4) is 0 Å². The Bertz CT molecular complexity index is 384. The van der Waals surface area contributed by atoms with Crippen molar-refractivity contribution in [2.45, 2.75) is 34.1 Å². The Hall–Kier alpha value is -1.38. The molecule has 1 aromatic heterocycles. The van der Waals surface area contributed by atoms with Gasteiger partial charge in [0.25, 0.3) is 0 Å². The highest BCUT2D eigenvalue weighted by atomic mass is 16.3. The Morgan fingerprint density at radius 3 is 2.75 bits per heavy atom. The summed E-state index contributed by atoms with van der Waals surface area (Å²) >= 11 is 0. The fourth-order valence-electron chi connectivity index (χ4n) is 1.43. The molecule has 0 unspecified atom stereocenters. The topological polar surface area (TPSA) is 45.5 Å². The largest absolute Gasteiger partial charge is 0.505 e. The van der Waals surface area contributed by atoms with E-state index in [4.69, 9.17) is 0 Å². The maximum atomic E-state index is 9.92. The molecular formula is C13H20N2O. The van der Waals surface area contributed by atoms with Crippen molar-refractivity contribution in [1.29, 1.82) is 0 Å². The van der Waals surface area contributed by atoms with Gasteiger partial charge in [-0.1, -0.05) is 20.8 Å². The molecule has 1 N–H and O–H groups in total. The minimum absolute atomic E-state index is 0.256. The second-order valence-corrected chi connectivity index (χ2v) is 4.37. The highest BCUT2D eigenvalue weighted by Crippen LogP contribution is 2.22. The highest BCUT2D eigenvalue weighted by molar-refractivity contribution is 5.85. The van der Waals surface area contributed by atoms with E-state index in [1.165, 1.54) is 0 Å². The van der Waals surface area contributed by atoms with Crippen molar-refractivity contribution < 1.29 is 5.11 Å². The van der Waals surface area contributed by atoms with E-state index in [1.807, 2.05) is 13.1 Å². The van der Waals surface area contributed by atoms with Crippen LogP contribution in [0.25, 0.3) is 0 Å². The number of nitrogens with zero attached hydrogens (tertiary/aromatic N) is 2. The summed E-state index contributed by atoms with van der Waals surface area (Å²) in [5.41, 5.74) is 2.51. The van der Waals surface area contributed by atoms with Gasteiger partial charge >= 0.3 is 0 Å². The molecule has 0 radical (unpaired) electrons. The molecule has 1 aromatic rings. The third-order valence-electron chi connectivity index (χ3n) is 2.43. The fraction of sp³-hybridized carbons (Fsp3) is 0.538. The molecule has 0 saturated carbocycles. The lowest BCUT2D eigenvalue weighted by atomic mass is 10.1. The molecule has 88 valence electrons. The van der Waals surface area contributed by atoms with Gasteiger partial charge in [-0.05, 0) is 24.8 Å². The first-order valence-corrected chi connectivity index (χ1v) is 5.73. The Balaban J connectivity index is 3.01. The maximum absolute atomic E-state index is 9.92. The SMILES string of the molecule is CCc1cnc(C)c(O)c1/C=N/CC(C)C. The van der Waals surface area contributed by atoms with Gasteiger partial charge in [-0.15, -0.1) is 0 Å². The first-order valence-electron chi connectivity index (χ1n) is 5.73. The van der Waals surface area contributed by atoms with Crippen LogP contribution in [0.4, 0.5) is 0 Å². The van der Waals surface area contributed by atoms with Crippen molar-refractivity contribution in [2.24, 2.45) is 10.9 Å². The summed E-state index contributed by atoms with van der Waals surface area (Å²) in [6.07, 6.45) is 4.43. The number of rotatable bonds is 4. The van der Waals surface area contributed by atoms with Gasteiger partial charge in [0.1, 0.15) is 5.75 Å². The van der Waals surface area contributed by atoms with E-state index in [0.29, 0.717) is 11.6 Å². The average molecular weight is 220 g/mol. The summed E-state index contributed by atoms with van der Waals surface area (Å²) in [6.45, 7) is 8.87. The molecule has 3 nitrogen and oxygen atoms in total. The third kappa shape index (κ3) is 3.05. The minimum atomic E-state index is 0.256. The van der Waals surface area contributed by atoms with Crippen LogP contribution in [0, 0.1) is 12.8 Å². The van der Waals surface area contributed by atoms with Crippen LogP contribution in [0.5, 0.6) is 5.75 Å². The number of pyridine rings is 1. The van der Waals surface area contributed by atoms with Crippen LogP contribution in [0.2, 0.25) is 0 Å². The Kier molecular flexibility index (Phi) is 4.47. The minimum Gasteiger partial charge on any atom is -0.505 e. The molecule has 0 amide bonds. The number of aliphatic imine (C=N–C) groups is 1. The number of hydrogen-bond donors (Lipinski definition) is 1. The van der Waals surface area contributed by atoms with E-state index in [-0.39, 0.29) is 5.75 Å².